The van der Waals surface area contributed by atoms with E-state index in [1.54, 1.807) is 11.3 Å². The number of hydrogen-bond acceptors (Lipinski definition) is 4. The number of nitrogens with two attached hydrogens (primary N) is 1. The van der Waals surface area contributed by atoms with E-state index in [0.29, 0.717) is 6.54 Å². The zero-order chi connectivity index (χ0) is 13.2. The normalized spacial score (nSPS) is 11.3. The molecule has 0 fully saturated rings. The molecule has 1 aromatic carbocycles. The summed E-state index contributed by atoms with van der Waals surface area (Å²) in [7, 11) is 0. The Balaban J connectivity index is 2.00. The van der Waals surface area contributed by atoms with Crippen LogP contribution in [0.25, 0.3) is 22.3 Å². The van der Waals surface area contributed by atoms with Crippen LogP contribution >= 0.6 is 11.3 Å². The van der Waals surface area contributed by atoms with E-state index in [2.05, 4.69) is 45.0 Å². The molecule has 98 valence electrons. The van der Waals surface area contributed by atoms with E-state index in [1.807, 2.05) is 6.33 Å². The third-order valence-corrected chi connectivity index (χ3v) is 4.08. The molecule has 0 amide bonds. The number of aromatic nitrogens is 3. The van der Waals surface area contributed by atoms with Gasteiger partial charge in [-0.1, -0.05) is 6.07 Å². The van der Waals surface area contributed by atoms with Gasteiger partial charge in [0.15, 0.2) is 0 Å². The third-order valence-electron chi connectivity index (χ3n) is 3.17. The second-order valence-corrected chi connectivity index (χ2v) is 5.34. The Morgan fingerprint density at radius 1 is 1.37 bits per heavy atom. The first kappa shape index (κ1) is 12.3. The zero-order valence-electron chi connectivity index (χ0n) is 10.8. The van der Waals surface area contributed by atoms with Gasteiger partial charge in [0.2, 0.25) is 0 Å². The lowest BCUT2D eigenvalue weighted by atomic mass is 10.1. The van der Waals surface area contributed by atoms with Crippen molar-refractivity contribution < 1.29 is 0 Å². The monoisotopic (exact) mass is 272 g/mol. The second kappa shape index (κ2) is 5.11. The van der Waals surface area contributed by atoms with E-state index in [1.165, 1.54) is 5.52 Å². The Morgan fingerprint density at radius 2 is 2.26 bits per heavy atom. The van der Waals surface area contributed by atoms with Crippen LogP contribution in [0, 0.1) is 0 Å². The van der Waals surface area contributed by atoms with Gasteiger partial charge in [-0.05, 0) is 25.6 Å². The number of nitrogens with zero attached hydrogens (tertiary/aromatic N) is 3. The molecule has 0 atom stereocenters. The average molecular weight is 272 g/mol. The van der Waals surface area contributed by atoms with Gasteiger partial charge in [-0.3, -0.25) is 0 Å². The highest BCUT2D eigenvalue weighted by molar-refractivity contribution is 7.09. The Labute approximate surface area is 115 Å². The molecular weight excluding hydrogens is 256 g/mol. The molecule has 0 radical (unpaired) electrons. The van der Waals surface area contributed by atoms with Crippen molar-refractivity contribution in [1.82, 2.24) is 14.5 Å². The van der Waals surface area contributed by atoms with Crippen LogP contribution in [0.4, 0.5) is 0 Å². The van der Waals surface area contributed by atoms with Crippen molar-refractivity contribution in [2.45, 2.75) is 19.9 Å². The molecular formula is C14H16N4S. The second-order valence-electron chi connectivity index (χ2n) is 4.40. The molecule has 2 N–H and O–H groups in total. The minimum Gasteiger partial charge on any atom is -0.331 e. The van der Waals surface area contributed by atoms with Gasteiger partial charge in [0, 0.05) is 23.9 Å². The summed E-state index contributed by atoms with van der Waals surface area (Å²) in [6, 6.07) is 6.32. The molecule has 3 aromatic rings. The van der Waals surface area contributed by atoms with E-state index in [0.717, 1.165) is 34.7 Å². The van der Waals surface area contributed by atoms with Gasteiger partial charge >= 0.3 is 0 Å². The minimum atomic E-state index is 0.646. The van der Waals surface area contributed by atoms with Crippen LogP contribution < -0.4 is 5.73 Å². The number of rotatable bonds is 4. The maximum atomic E-state index is 5.55. The van der Waals surface area contributed by atoms with E-state index >= 15 is 0 Å². The number of benzene rings is 1. The third kappa shape index (κ3) is 2.27. The highest BCUT2D eigenvalue weighted by Crippen LogP contribution is 2.25. The van der Waals surface area contributed by atoms with Gasteiger partial charge in [-0.15, -0.1) is 11.3 Å². The Bertz CT molecular complexity index is 698. The van der Waals surface area contributed by atoms with Crippen LogP contribution in [-0.4, -0.2) is 21.1 Å². The van der Waals surface area contributed by atoms with Crippen molar-refractivity contribution >= 4 is 22.4 Å². The maximum Gasteiger partial charge on any atom is 0.0958 e. The van der Waals surface area contributed by atoms with E-state index in [4.69, 9.17) is 5.73 Å². The molecule has 2 heterocycles. The fourth-order valence-corrected chi connectivity index (χ4v) is 2.98. The highest BCUT2D eigenvalue weighted by atomic mass is 32.1. The van der Waals surface area contributed by atoms with Gasteiger partial charge in [-0.2, -0.15) is 0 Å². The van der Waals surface area contributed by atoms with E-state index in [-0.39, 0.29) is 0 Å². The van der Waals surface area contributed by atoms with Crippen LogP contribution in [-0.2, 0) is 13.0 Å². The molecule has 0 aliphatic heterocycles. The molecule has 4 nitrogen and oxygen atoms in total. The Kier molecular flexibility index (Phi) is 3.31. The molecule has 0 spiro atoms. The summed E-state index contributed by atoms with van der Waals surface area (Å²) in [6.07, 6.45) is 2.73. The molecule has 19 heavy (non-hydrogen) atoms. The molecule has 5 heteroatoms. The molecule has 0 aliphatic rings. The first-order chi connectivity index (χ1) is 9.31. The predicted molar refractivity (Wildman–Crippen MR) is 79.3 cm³/mol. The van der Waals surface area contributed by atoms with Crippen LogP contribution in [0.2, 0.25) is 0 Å². The number of hydrogen-bond donors (Lipinski definition) is 1. The summed E-state index contributed by atoms with van der Waals surface area (Å²) in [5, 5.41) is 3.18. The van der Waals surface area contributed by atoms with Crippen molar-refractivity contribution in [3.8, 4) is 11.3 Å². The molecule has 0 bridgehead atoms. The van der Waals surface area contributed by atoms with Crippen molar-refractivity contribution in [1.29, 1.82) is 0 Å². The standard InChI is InChI=1S/C14H16N4S/c1-2-18-9-16-11-7-10(3-4-13(11)18)12-8-19-14(17-12)5-6-15/h3-4,7-9H,2,5-6,15H2,1H3. The topological polar surface area (TPSA) is 56.7 Å². The number of imidazole rings is 1. The number of aryl methyl sites for hydroxylation is 1. The molecule has 0 aliphatic carbocycles. The SMILES string of the molecule is CCn1cnc2cc(-c3csc(CCN)n3)ccc21. The van der Waals surface area contributed by atoms with Crippen molar-refractivity contribution in [2.75, 3.05) is 6.54 Å². The first-order valence-corrected chi connectivity index (χ1v) is 7.29. The van der Waals surface area contributed by atoms with Crippen molar-refractivity contribution in [3.63, 3.8) is 0 Å². The van der Waals surface area contributed by atoms with E-state index in [9.17, 15) is 0 Å². The highest BCUT2D eigenvalue weighted by Gasteiger charge is 2.07. The zero-order valence-corrected chi connectivity index (χ0v) is 11.7. The molecule has 0 saturated heterocycles. The average Bonchev–Trinajstić information content (AvgIpc) is 3.04. The van der Waals surface area contributed by atoms with Crippen LogP contribution in [0.3, 0.4) is 0 Å². The Morgan fingerprint density at radius 3 is 3.05 bits per heavy atom. The van der Waals surface area contributed by atoms with Gasteiger partial charge in [0.25, 0.3) is 0 Å². The summed E-state index contributed by atoms with van der Waals surface area (Å²) in [6.45, 7) is 3.70. The Hall–Kier alpha value is -1.72. The minimum absolute atomic E-state index is 0.646. The molecule has 3 rings (SSSR count). The van der Waals surface area contributed by atoms with Gasteiger partial charge in [0.1, 0.15) is 0 Å². The van der Waals surface area contributed by atoms with Crippen molar-refractivity contribution in [3.05, 3.63) is 34.9 Å². The summed E-state index contributed by atoms with van der Waals surface area (Å²) >= 11 is 1.67. The van der Waals surface area contributed by atoms with Crippen LogP contribution in [0.5, 0.6) is 0 Å². The lowest BCUT2D eigenvalue weighted by Crippen LogP contribution is -2.01. The van der Waals surface area contributed by atoms with Gasteiger partial charge in [0.05, 0.1) is 28.1 Å². The van der Waals surface area contributed by atoms with E-state index < -0.39 is 0 Å². The molecule has 0 saturated carbocycles. The number of fused-ring (bicyclic) bond motifs is 1. The van der Waals surface area contributed by atoms with Crippen LogP contribution in [0.1, 0.15) is 11.9 Å². The smallest absolute Gasteiger partial charge is 0.0958 e. The van der Waals surface area contributed by atoms with Crippen molar-refractivity contribution in [2.24, 2.45) is 5.73 Å². The summed E-state index contributed by atoms with van der Waals surface area (Å²) in [5.41, 5.74) is 9.88. The predicted octanol–water partition coefficient (Wildman–Crippen LogP) is 2.68. The molecule has 0 unspecified atom stereocenters. The fraction of sp³-hybridized carbons (Fsp3) is 0.286. The van der Waals surface area contributed by atoms with Gasteiger partial charge < -0.3 is 10.3 Å². The van der Waals surface area contributed by atoms with Gasteiger partial charge in [-0.25, -0.2) is 9.97 Å². The maximum absolute atomic E-state index is 5.55. The fourth-order valence-electron chi connectivity index (χ4n) is 2.16. The number of thiazole rings is 1. The quantitative estimate of drug-likeness (QED) is 0.794. The first-order valence-electron chi connectivity index (χ1n) is 6.41. The largest absolute Gasteiger partial charge is 0.331 e. The summed E-state index contributed by atoms with van der Waals surface area (Å²) in [5.74, 6) is 0. The lowest BCUT2D eigenvalue weighted by molar-refractivity contribution is 0.787. The molecule has 2 aromatic heterocycles. The summed E-state index contributed by atoms with van der Waals surface area (Å²) in [4.78, 5) is 9.05. The van der Waals surface area contributed by atoms with Crippen LogP contribution in [0.15, 0.2) is 29.9 Å². The summed E-state index contributed by atoms with van der Waals surface area (Å²) < 4.78 is 2.14. The lowest BCUT2D eigenvalue weighted by Gasteiger charge is -2.00.